The van der Waals surface area contributed by atoms with Gasteiger partial charge in [0.1, 0.15) is 0 Å². The maximum atomic E-state index is 12.4. The van der Waals surface area contributed by atoms with Gasteiger partial charge < -0.3 is 29.3 Å². The van der Waals surface area contributed by atoms with Gasteiger partial charge >= 0.3 is 15.2 Å². The fourth-order valence-corrected chi connectivity index (χ4v) is 9.58. The van der Waals surface area contributed by atoms with Crippen molar-refractivity contribution in [1.29, 1.82) is 0 Å². The van der Waals surface area contributed by atoms with Crippen LogP contribution in [0.3, 0.4) is 0 Å². The van der Waals surface area contributed by atoms with Gasteiger partial charge in [0.05, 0.1) is 0 Å². The van der Waals surface area contributed by atoms with Crippen LogP contribution in [-0.2, 0) is 18.4 Å². The molecule has 0 saturated carbocycles. The van der Waals surface area contributed by atoms with Crippen molar-refractivity contribution >= 4 is 29.4 Å². The van der Waals surface area contributed by atoms with Crippen LogP contribution in [0.4, 0.5) is 0 Å². The highest BCUT2D eigenvalue weighted by Crippen LogP contribution is 2.72. The standard InChI is InChI=1S/C24H53NO8P2Si/c1-7-8-9-10-11-12-13-14-15-16-17-19-22(26)25-21-18-20-24(34(27,28)29,35(30,31)32)33-36(5,6)23(2,3)4/h7-21H2,1-6H3,(H,25,26)(H2,27,28,29)(H2,30,31,32). The molecule has 0 saturated heterocycles. The van der Waals surface area contributed by atoms with E-state index in [1.54, 1.807) is 13.1 Å². The summed E-state index contributed by atoms with van der Waals surface area (Å²) < 4.78 is 30.5. The molecule has 0 aliphatic rings. The molecule has 0 bridgehead atoms. The van der Waals surface area contributed by atoms with E-state index in [-0.39, 0.29) is 18.9 Å². The topological polar surface area (TPSA) is 153 Å². The molecule has 0 heterocycles. The summed E-state index contributed by atoms with van der Waals surface area (Å²) in [5.74, 6) is -0.172. The largest absolute Gasteiger partial charge is 0.392 e. The molecule has 0 aliphatic carbocycles. The number of carbonyl (C=O) groups excluding carboxylic acids is 1. The van der Waals surface area contributed by atoms with Gasteiger partial charge in [-0.15, -0.1) is 0 Å². The van der Waals surface area contributed by atoms with Crippen LogP contribution < -0.4 is 5.32 Å². The van der Waals surface area contributed by atoms with Gasteiger partial charge in [-0.05, 0) is 31.0 Å². The minimum absolute atomic E-state index is 0.0329. The summed E-state index contributed by atoms with van der Waals surface area (Å²) in [7, 11) is -13.7. The van der Waals surface area contributed by atoms with E-state index in [2.05, 4.69) is 12.2 Å². The minimum Gasteiger partial charge on any atom is -0.392 e. The van der Waals surface area contributed by atoms with E-state index in [4.69, 9.17) is 4.43 Å². The Morgan fingerprint density at radius 2 is 1.19 bits per heavy atom. The molecule has 0 atom stereocenters. The van der Waals surface area contributed by atoms with Crippen LogP contribution in [-0.4, -0.2) is 45.4 Å². The molecule has 1 amide bonds. The summed E-state index contributed by atoms with van der Waals surface area (Å²) in [4.78, 5) is 52.1. The molecular formula is C24H53NO8P2Si. The predicted molar refractivity (Wildman–Crippen MR) is 148 cm³/mol. The average molecular weight is 574 g/mol. The summed E-state index contributed by atoms with van der Waals surface area (Å²) in [6, 6.07) is 0. The minimum atomic E-state index is -5.36. The van der Waals surface area contributed by atoms with E-state index in [0.29, 0.717) is 6.42 Å². The number of hydrogen-bond donors (Lipinski definition) is 5. The number of nitrogens with one attached hydrogen (secondary N) is 1. The Morgan fingerprint density at radius 3 is 1.58 bits per heavy atom. The lowest BCUT2D eigenvalue weighted by Crippen LogP contribution is -2.49. The van der Waals surface area contributed by atoms with Crippen LogP contribution in [0, 0.1) is 0 Å². The third kappa shape index (κ3) is 12.7. The van der Waals surface area contributed by atoms with Gasteiger partial charge in [0.2, 0.25) is 5.91 Å². The van der Waals surface area contributed by atoms with Gasteiger partial charge in [0.25, 0.3) is 5.08 Å². The highest BCUT2D eigenvalue weighted by Gasteiger charge is 2.64. The van der Waals surface area contributed by atoms with Crippen molar-refractivity contribution in [1.82, 2.24) is 5.32 Å². The van der Waals surface area contributed by atoms with E-state index < -0.39 is 40.1 Å². The zero-order valence-corrected chi connectivity index (χ0v) is 26.2. The molecule has 0 radical (unpaired) electrons. The summed E-state index contributed by atoms with van der Waals surface area (Å²) in [5.41, 5.74) is 0. The molecule has 0 spiro atoms. The van der Waals surface area contributed by atoms with Crippen molar-refractivity contribution < 1.29 is 37.9 Å². The van der Waals surface area contributed by atoms with Gasteiger partial charge in [0, 0.05) is 19.4 Å². The van der Waals surface area contributed by atoms with Crippen molar-refractivity contribution in [2.24, 2.45) is 0 Å². The Labute approximate surface area is 220 Å². The second kappa shape index (κ2) is 16.1. The Kier molecular flexibility index (Phi) is 16.1. The molecule has 0 rings (SSSR count). The van der Waals surface area contributed by atoms with E-state index >= 15 is 0 Å². The third-order valence-corrected chi connectivity index (χ3v) is 16.0. The maximum Gasteiger partial charge on any atom is 0.368 e. The highest BCUT2D eigenvalue weighted by molar-refractivity contribution is 7.72. The highest BCUT2D eigenvalue weighted by atomic mass is 31.2. The third-order valence-electron chi connectivity index (χ3n) is 7.14. The van der Waals surface area contributed by atoms with Crippen LogP contribution in [0.15, 0.2) is 0 Å². The Bertz CT molecular complexity index is 708. The zero-order chi connectivity index (χ0) is 28.1. The van der Waals surface area contributed by atoms with E-state index in [1.807, 2.05) is 20.8 Å². The molecule has 0 fully saturated rings. The summed E-state index contributed by atoms with van der Waals surface area (Å²) >= 11 is 0. The number of unbranched alkanes of at least 4 members (excludes halogenated alkanes) is 10. The first-order chi connectivity index (χ1) is 16.4. The quantitative estimate of drug-likeness (QED) is 0.0619. The molecule has 5 N–H and O–H groups in total. The van der Waals surface area contributed by atoms with Crippen LogP contribution in [0.1, 0.15) is 118 Å². The Morgan fingerprint density at radius 1 is 0.778 bits per heavy atom. The molecule has 0 aromatic heterocycles. The zero-order valence-electron chi connectivity index (χ0n) is 23.4. The van der Waals surface area contributed by atoms with E-state index in [0.717, 1.165) is 19.3 Å². The van der Waals surface area contributed by atoms with Crippen molar-refractivity contribution in [3.8, 4) is 0 Å². The van der Waals surface area contributed by atoms with Gasteiger partial charge in [-0.25, -0.2) is 0 Å². The fourth-order valence-electron chi connectivity index (χ4n) is 3.78. The fraction of sp³-hybridized carbons (Fsp3) is 0.958. The first kappa shape index (κ1) is 35.9. The molecule has 216 valence electrons. The molecule has 0 aromatic carbocycles. The van der Waals surface area contributed by atoms with Crippen LogP contribution >= 0.6 is 15.2 Å². The molecule has 12 heteroatoms. The van der Waals surface area contributed by atoms with E-state index in [9.17, 15) is 33.5 Å². The Hall–Kier alpha value is -0.0531. The van der Waals surface area contributed by atoms with Gasteiger partial charge in [-0.3, -0.25) is 13.9 Å². The second-order valence-corrected chi connectivity index (χ2v) is 20.1. The Balaban J connectivity index is 4.56. The van der Waals surface area contributed by atoms with Crippen LogP contribution in [0.5, 0.6) is 0 Å². The van der Waals surface area contributed by atoms with Gasteiger partial charge in [-0.1, -0.05) is 91.9 Å². The summed E-state index contributed by atoms with van der Waals surface area (Å²) in [6.07, 6.45) is 12.8. The SMILES string of the molecule is CCCCCCCCCCCCCC(=O)NCCCC(O[Si](C)(C)C(C)(C)C)(P(=O)(O)O)P(=O)(O)O. The van der Waals surface area contributed by atoms with Gasteiger partial charge in [0.15, 0.2) is 8.32 Å². The number of hydrogen-bond acceptors (Lipinski definition) is 4. The lowest BCUT2D eigenvalue weighted by atomic mass is 10.1. The van der Waals surface area contributed by atoms with Crippen molar-refractivity contribution in [3.63, 3.8) is 0 Å². The normalized spacial score (nSPS) is 13.7. The number of carbonyl (C=O) groups is 1. The average Bonchev–Trinajstić information content (AvgIpc) is 2.71. The molecule has 0 aliphatic heterocycles. The van der Waals surface area contributed by atoms with Crippen molar-refractivity contribution in [2.75, 3.05) is 6.54 Å². The van der Waals surface area contributed by atoms with Gasteiger partial charge in [-0.2, -0.15) is 0 Å². The van der Waals surface area contributed by atoms with E-state index in [1.165, 1.54) is 51.4 Å². The molecular weight excluding hydrogens is 520 g/mol. The lowest BCUT2D eigenvalue weighted by Gasteiger charge is -2.45. The summed E-state index contributed by atoms with van der Waals surface area (Å²) in [5, 5.41) is -0.738. The van der Waals surface area contributed by atoms with Crippen molar-refractivity contribution in [3.05, 3.63) is 0 Å². The monoisotopic (exact) mass is 573 g/mol. The smallest absolute Gasteiger partial charge is 0.368 e. The molecule has 36 heavy (non-hydrogen) atoms. The first-order valence-corrected chi connectivity index (χ1v) is 19.6. The number of amides is 1. The van der Waals surface area contributed by atoms with Crippen LogP contribution in [0.2, 0.25) is 18.1 Å². The molecule has 0 unspecified atom stereocenters. The van der Waals surface area contributed by atoms with Crippen molar-refractivity contribution in [2.45, 2.75) is 141 Å². The number of rotatable bonds is 20. The first-order valence-electron chi connectivity index (χ1n) is 13.5. The predicted octanol–water partition coefficient (Wildman–Crippen LogP) is 6.61. The molecule has 9 nitrogen and oxygen atoms in total. The molecule has 0 aromatic rings. The maximum absolute atomic E-state index is 12.4. The lowest BCUT2D eigenvalue weighted by molar-refractivity contribution is -0.121. The summed E-state index contributed by atoms with van der Waals surface area (Å²) in [6.45, 7) is 11.1. The second-order valence-electron chi connectivity index (χ2n) is 11.4. The van der Waals surface area contributed by atoms with Crippen LogP contribution in [0.25, 0.3) is 0 Å².